The van der Waals surface area contributed by atoms with Crippen LogP contribution in [0.25, 0.3) is 0 Å². The molecule has 2 aromatic rings. The van der Waals surface area contributed by atoms with E-state index in [0.29, 0.717) is 10.7 Å². The summed E-state index contributed by atoms with van der Waals surface area (Å²) >= 11 is 5.80. The fourth-order valence-electron chi connectivity index (χ4n) is 1.62. The number of carbonyl (C=O) groups is 2. The third kappa shape index (κ3) is 2.74. The average molecular weight is 280 g/mol. The van der Waals surface area contributed by atoms with Crippen molar-refractivity contribution in [3.05, 3.63) is 46.7 Å². The van der Waals surface area contributed by atoms with Gasteiger partial charge in [0.15, 0.2) is 5.69 Å². The van der Waals surface area contributed by atoms with Crippen LogP contribution in [0.15, 0.2) is 30.5 Å². The molecule has 0 radical (unpaired) electrons. The van der Waals surface area contributed by atoms with E-state index >= 15 is 0 Å². The zero-order chi connectivity index (χ0) is 14.0. The lowest BCUT2D eigenvalue weighted by molar-refractivity contribution is 0.0680. The summed E-state index contributed by atoms with van der Waals surface area (Å²) in [5.74, 6) is -1.76. The number of nitrogens with zero attached hydrogens (tertiary/aromatic N) is 2. The molecule has 0 aliphatic carbocycles. The van der Waals surface area contributed by atoms with Gasteiger partial charge >= 0.3 is 5.97 Å². The second-order valence-electron chi connectivity index (χ2n) is 3.80. The maximum Gasteiger partial charge on any atom is 0.354 e. The molecule has 0 aliphatic rings. The standard InChI is InChI=1S/C12H10ClN3O3/c1-16-10(12(18)19)9(6-14-16)11(17)15-8-4-2-3-7(13)5-8/h2-6H,1H3,(H,15,17)(H,18,19). The second-order valence-corrected chi connectivity index (χ2v) is 4.24. The fraction of sp³-hybridized carbons (Fsp3) is 0.0833. The molecule has 2 N–H and O–H groups in total. The Morgan fingerprint density at radius 1 is 1.42 bits per heavy atom. The van der Waals surface area contributed by atoms with E-state index in [2.05, 4.69) is 10.4 Å². The van der Waals surface area contributed by atoms with Crippen molar-refractivity contribution in [1.29, 1.82) is 0 Å². The van der Waals surface area contributed by atoms with Crippen molar-refractivity contribution in [2.24, 2.45) is 7.05 Å². The molecule has 19 heavy (non-hydrogen) atoms. The number of benzene rings is 1. The van der Waals surface area contributed by atoms with Crippen molar-refractivity contribution < 1.29 is 14.7 Å². The minimum atomic E-state index is -1.21. The molecule has 0 saturated carbocycles. The number of aromatic nitrogens is 2. The second kappa shape index (κ2) is 5.11. The zero-order valence-corrected chi connectivity index (χ0v) is 10.7. The monoisotopic (exact) mass is 279 g/mol. The smallest absolute Gasteiger partial charge is 0.354 e. The van der Waals surface area contributed by atoms with Crippen LogP contribution in [0, 0.1) is 0 Å². The minimum absolute atomic E-state index is 0.00465. The molecule has 0 saturated heterocycles. The van der Waals surface area contributed by atoms with Crippen LogP contribution in [0.1, 0.15) is 20.8 Å². The number of aromatic carboxylic acids is 1. The summed E-state index contributed by atoms with van der Waals surface area (Å²) < 4.78 is 1.13. The van der Waals surface area contributed by atoms with Gasteiger partial charge in [-0.3, -0.25) is 9.48 Å². The molecule has 1 aromatic carbocycles. The molecular weight excluding hydrogens is 270 g/mol. The van der Waals surface area contributed by atoms with Gasteiger partial charge in [-0.1, -0.05) is 17.7 Å². The third-order valence-corrected chi connectivity index (χ3v) is 2.70. The number of halogens is 1. The van der Waals surface area contributed by atoms with E-state index in [1.807, 2.05) is 0 Å². The normalized spacial score (nSPS) is 10.2. The minimum Gasteiger partial charge on any atom is -0.477 e. The molecule has 0 fully saturated rings. The van der Waals surface area contributed by atoms with Gasteiger partial charge in [0.05, 0.1) is 11.8 Å². The first-order valence-electron chi connectivity index (χ1n) is 5.31. The molecule has 6 nitrogen and oxygen atoms in total. The number of carboxylic acids is 1. The number of hydrogen-bond donors (Lipinski definition) is 2. The summed E-state index contributed by atoms with van der Waals surface area (Å²) in [7, 11) is 1.46. The Kier molecular flexibility index (Phi) is 3.52. The Morgan fingerprint density at radius 3 is 2.79 bits per heavy atom. The van der Waals surface area contributed by atoms with Crippen LogP contribution < -0.4 is 5.32 Å². The lowest BCUT2D eigenvalue weighted by Crippen LogP contribution is -2.17. The van der Waals surface area contributed by atoms with Gasteiger partial charge in [-0.15, -0.1) is 0 Å². The van der Waals surface area contributed by atoms with Crippen LogP contribution in [0.5, 0.6) is 0 Å². The van der Waals surface area contributed by atoms with E-state index in [4.69, 9.17) is 16.7 Å². The molecular formula is C12H10ClN3O3. The number of carboxylic acid groups (broad SMARTS) is 1. The highest BCUT2D eigenvalue weighted by Crippen LogP contribution is 2.17. The molecule has 1 heterocycles. The summed E-state index contributed by atoms with van der Waals surface area (Å²) in [6.45, 7) is 0. The summed E-state index contributed by atoms with van der Waals surface area (Å²) in [6, 6.07) is 6.57. The molecule has 2 rings (SSSR count). The van der Waals surface area contributed by atoms with Gasteiger partial charge in [0.25, 0.3) is 5.91 Å². The molecule has 0 atom stereocenters. The first-order valence-corrected chi connectivity index (χ1v) is 5.69. The summed E-state index contributed by atoms with van der Waals surface area (Å²) in [5, 5.41) is 15.8. The van der Waals surface area contributed by atoms with Crippen molar-refractivity contribution in [2.45, 2.75) is 0 Å². The van der Waals surface area contributed by atoms with Gasteiger partial charge in [-0.25, -0.2) is 4.79 Å². The quantitative estimate of drug-likeness (QED) is 0.900. The molecule has 0 spiro atoms. The Balaban J connectivity index is 2.28. The SMILES string of the molecule is Cn1ncc(C(=O)Nc2cccc(Cl)c2)c1C(=O)O. The van der Waals surface area contributed by atoms with Gasteiger partial charge in [-0.05, 0) is 18.2 Å². The van der Waals surface area contributed by atoms with Crippen molar-refractivity contribution >= 4 is 29.2 Å². The number of amides is 1. The van der Waals surface area contributed by atoms with E-state index in [1.54, 1.807) is 24.3 Å². The van der Waals surface area contributed by atoms with Gasteiger partial charge in [0.2, 0.25) is 0 Å². The fourth-order valence-corrected chi connectivity index (χ4v) is 1.81. The summed E-state index contributed by atoms with van der Waals surface area (Å²) in [4.78, 5) is 23.0. The molecule has 0 bridgehead atoms. The third-order valence-electron chi connectivity index (χ3n) is 2.47. The van der Waals surface area contributed by atoms with E-state index in [1.165, 1.54) is 13.2 Å². The largest absolute Gasteiger partial charge is 0.477 e. The Bertz CT molecular complexity index is 651. The van der Waals surface area contributed by atoms with Crippen LogP contribution in [0.3, 0.4) is 0 Å². The van der Waals surface area contributed by atoms with E-state index in [-0.39, 0.29) is 11.3 Å². The molecule has 1 aromatic heterocycles. The van der Waals surface area contributed by atoms with Gasteiger partial charge in [0.1, 0.15) is 0 Å². The maximum absolute atomic E-state index is 12.0. The molecule has 0 aliphatic heterocycles. The van der Waals surface area contributed by atoms with E-state index < -0.39 is 11.9 Å². The number of nitrogens with one attached hydrogen (secondary N) is 1. The predicted octanol–water partition coefficient (Wildman–Crippen LogP) is 2.02. The Morgan fingerprint density at radius 2 is 2.16 bits per heavy atom. The first-order chi connectivity index (χ1) is 8.99. The number of rotatable bonds is 3. The van der Waals surface area contributed by atoms with Crippen LogP contribution in [0.2, 0.25) is 5.02 Å². The van der Waals surface area contributed by atoms with Crippen LogP contribution in [-0.2, 0) is 7.05 Å². The lowest BCUT2D eigenvalue weighted by atomic mass is 10.2. The highest BCUT2D eigenvalue weighted by Gasteiger charge is 2.21. The summed E-state index contributed by atoms with van der Waals surface area (Å²) in [6.07, 6.45) is 1.21. The topological polar surface area (TPSA) is 84.2 Å². The maximum atomic E-state index is 12.0. The first kappa shape index (κ1) is 13.1. The Labute approximate surface area is 113 Å². The van der Waals surface area contributed by atoms with Gasteiger partial charge < -0.3 is 10.4 Å². The number of anilines is 1. The van der Waals surface area contributed by atoms with E-state index in [9.17, 15) is 9.59 Å². The van der Waals surface area contributed by atoms with Crippen molar-refractivity contribution in [3.8, 4) is 0 Å². The lowest BCUT2D eigenvalue weighted by Gasteiger charge is -2.05. The molecule has 0 unspecified atom stereocenters. The predicted molar refractivity (Wildman–Crippen MR) is 69.6 cm³/mol. The average Bonchev–Trinajstić information content (AvgIpc) is 2.71. The summed E-state index contributed by atoms with van der Waals surface area (Å²) in [5.41, 5.74) is 0.312. The van der Waals surface area contributed by atoms with Crippen LogP contribution >= 0.6 is 11.6 Å². The highest BCUT2D eigenvalue weighted by molar-refractivity contribution is 6.31. The van der Waals surface area contributed by atoms with Crippen molar-refractivity contribution in [1.82, 2.24) is 9.78 Å². The number of aryl methyl sites for hydroxylation is 1. The van der Waals surface area contributed by atoms with E-state index in [0.717, 1.165) is 4.68 Å². The highest BCUT2D eigenvalue weighted by atomic mass is 35.5. The molecule has 1 amide bonds. The van der Waals surface area contributed by atoms with Crippen LogP contribution in [0.4, 0.5) is 5.69 Å². The molecule has 98 valence electrons. The van der Waals surface area contributed by atoms with Crippen molar-refractivity contribution in [3.63, 3.8) is 0 Å². The van der Waals surface area contributed by atoms with Gasteiger partial charge in [0, 0.05) is 17.8 Å². The van der Waals surface area contributed by atoms with Crippen LogP contribution in [-0.4, -0.2) is 26.8 Å². The Hall–Kier alpha value is -2.34. The number of carbonyl (C=O) groups excluding carboxylic acids is 1. The van der Waals surface area contributed by atoms with Crippen molar-refractivity contribution in [2.75, 3.05) is 5.32 Å². The molecule has 7 heteroatoms. The zero-order valence-electron chi connectivity index (χ0n) is 9.92. The number of hydrogen-bond acceptors (Lipinski definition) is 3. The van der Waals surface area contributed by atoms with Gasteiger partial charge in [-0.2, -0.15) is 5.10 Å².